The first kappa shape index (κ1) is 16.8. The molecule has 0 spiro atoms. The molecule has 124 valence electrons. The van der Waals surface area contributed by atoms with Gasteiger partial charge in [0.2, 0.25) is 5.91 Å². The van der Waals surface area contributed by atoms with Crippen LogP contribution in [0.25, 0.3) is 0 Å². The number of aromatic nitrogens is 2. The highest BCUT2D eigenvalue weighted by Gasteiger charge is 2.35. The predicted octanol–water partition coefficient (Wildman–Crippen LogP) is 3.10. The molecule has 1 aliphatic rings. The van der Waals surface area contributed by atoms with Crippen molar-refractivity contribution < 1.29 is 18.0 Å². The Kier molecular flexibility index (Phi) is 4.82. The summed E-state index contributed by atoms with van der Waals surface area (Å²) in [7, 11) is 0. The topological polar surface area (TPSA) is 38.1 Å². The number of nitrogens with zero attached hydrogens (tertiary/aromatic N) is 3. The lowest BCUT2D eigenvalue weighted by Crippen LogP contribution is -2.42. The molecule has 0 aromatic carbocycles. The molecule has 0 aliphatic carbocycles. The van der Waals surface area contributed by atoms with Gasteiger partial charge in [-0.25, -0.2) is 0 Å². The van der Waals surface area contributed by atoms with E-state index in [0.717, 1.165) is 32.0 Å². The maximum atomic E-state index is 12.7. The number of carbonyl (C=O) groups is 1. The lowest BCUT2D eigenvalue weighted by atomic mass is 9.99. The highest BCUT2D eigenvalue weighted by molar-refractivity contribution is 5.78. The molecule has 0 N–H and O–H groups in total. The smallest absolute Gasteiger partial charge is 0.342 e. The number of hydrogen-bond acceptors (Lipinski definition) is 2. The molecule has 22 heavy (non-hydrogen) atoms. The van der Waals surface area contributed by atoms with Crippen LogP contribution in [0.3, 0.4) is 0 Å². The molecular weight excluding hydrogens is 295 g/mol. The number of alkyl halides is 3. The molecule has 1 fully saturated rings. The largest absolute Gasteiger partial charge is 0.435 e. The van der Waals surface area contributed by atoms with Crippen molar-refractivity contribution in [2.75, 3.05) is 13.1 Å². The minimum absolute atomic E-state index is 0.00462. The van der Waals surface area contributed by atoms with Gasteiger partial charge in [-0.2, -0.15) is 18.3 Å². The zero-order valence-corrected chi connectivity index (χ0v) is 13.2. The van der Waals surface area contributed by atoms with Crippen LogP contribution in [0, 0.1) is 18.8 Å². The van der Waals surface area contributed by atoms with Gasteiger partial charge in [-0.05, 0) is 31.7 Å². The second-order valence-electron chi connectivity index (χ2n) is 6.28. The third kappa shape index (κ3) is 3.81. The molecule has 2 heterocycles. The van der Waals surface area contributed by atoms with Crippen molar-refractivity contribution in [2.45, 2.75) is 46.3 Å². The van der Waals surface area contributed by atoms with Crippen LogP contribution in [0.5, 0.6) is 0 Å². The van der Waals surface area contributed by atoms with E-state index in [9.17, 15) is 18.0 Å². The van der Waals surface area contributed by atoms with Gasteiger partial charge in [-0.15, -0.1) is 0 Å². The van der Waals surface area contributed by atoms with Gasteiger partial charge in [0.15, 0.2) is 5.69 Å². The van der Waals surface area contributed by atoms with Crippen molar-refractivity contribution in [1.82, 2.24) is 14.7 Å². The van der Waals surface area contributed by atoms with Crippen LogP contribution in [0.4, 0.5) is 13.2 Å². The van der Waals surface area contributed by atoms with Crippen LogP contribution in [0.2, 0.25) is 0 Å². The van der Waals surface area contributed by atoms with E-state index in [-0.39, 0.29) is 18.4 Å². The van der Waals surface area contributed by atoms with Crippen LogP contribution in [-0.4, -0.2) is 33.7 Å². The molecule has 1 saturated heterocycles. The molecule has 2 unspecified atom stereocenters. The van der Waals surface area contributed by atoms with Gasteiger partial charge in [0.25, 0.3) is 0 Å². The number of rotatable bonds is 3. The monoisotopic (exact) mass is 317 g/mol. The Bertz CT molecular complexity index is 539. The summed E-state index contributed by atoms with van der Waals surface area (Å²) in [5, 5.41) is 3.58. The zero-order chi connectivity index (χ0) is 16.5. The molecule has 1 aliphatic heterocycles. The first-order valence-corrected chi connectivity index (χ1v) is 7.59. The van der Waals surface area contributed by atoms with Gasteiger partial charge in [0, 0.05) is 18.8 Å². The Labute approximate surface area is 128 Å². The van der Waals surface area contributed by atoms with E-state index in [1.165, 1.54) is 4.68 Å². The van der Waals surface area contributed by atoms with E-state index < -0.39 is 11.9 Å². The first-order chi connectivity index (χ1) is 10.2. The van der Waals surface area contributed by atoms with Crippen molar-refractivity contribution >= 4 is 5.91 Å². The van der Waals surface area contributed by atoms with Gasteiger partial charge in [0.1, 0.15) is 0 Å². The molecule has 1 amide bonds. The lowest BCUT2D eigenvalue weighted by Gasteiger charge is -2.32. The third-order valence-electron chi connectivity index (χ3n) is 4.11. The van der Waals surface area contributed by atoms with Crippen LogP contribution in [0.1, 0.15) is 38.1 Å². The first-order valence-electron chi connectivity index (χ1n) is 7.59. The lowest BCUT2D eigenvalue weighted by molar-refractivity contribution is -0.141. The summed E-state index contributed by atoms with van der Waals surface area (Å²) >= 11 is 0. The number of hydrogen-bond donors (Lipinski definition) is 0. The number of halogens is 3. The summed E-state index contributed by atoms with van der Waals surface area (Å²) in [6, 6.07) is 1.01. The molecule has 0 saturated carbocycles. The average Bonchev–Trinajstić information content (AvgIpc) is 2.79. The van der Waals surface area contributed by atoms with E-state index >= 15 is 0 Å². The fourth-order valence-electron chi connectivity index (χ4n) is 2.87. The van der Waals surface area contributed by atoms with Crippen molar-refractivity contribution in [3.05, 3.63) is 17.5 Å². The van der Waals surface area contributed by atoms with Crippen LogP contribution >= 0.6 is 0 Å². The van der Waals surface area contributed by atoms with Crippen LogP contribution in [0.15, 0.2) is 6.07 Å². The van der Waals surface area contributed by atoms with E-state index in [1.807, 2.05) is 4.90 Å². The summed E-state index contributed by atoms with van der Waals surface area (Å²) < 4.78 is 39.3. The maximum Gasteiger partial charge on any atom is 0.435 e. The normalized spacial score (nSPS) is 21.0. The van der Waals surface area contributed by atoms with Gasteiger partial charge in [-0.1, -0.05) is 13.8 Å². The Morgan fingerprint density at radius 2 is 2.18 bits per heavy atom. The third-order valence-corrected chi connectivity index (χ3v) is 4.11. The molecule has 1 aromatic heterocycles. The quantitative estimate of drug-likeness (QED) is 0.859. The molecule has 2 atom stereocenters. The van der Waals surface area contributed by atoms with E-state index in [0.29, 0.717) is 11.6 Å². The van der Waals surface area contributed by atoms with Gasteiger partial charge >= 0.3 is 6.18 Å². The molecule has 0 radical (unpaired) electrons. The number of carbonyl (C=O) groups excluding carboxylic acids is 1. The van der Waals surface area contributed by atoms with Gasteiger partial charge in [0.05, 0.1) is 12.5 Å². The highest BCUT2D eigenvalue weighted by Crippen LogP contribution is 2.28. The SMILES string of the molecule is Cc1cc(C(F)(F)F)nn1CC(C)C(=O)N1CCCC(C)C1. The number of aryl methyl sites for hydroxylation is 1. The number of piperidine rings is 1. The van der Waals surface area contributed by atoms with Gasteiger partial charge < -0.3 is 4.90 Å². The molecule has 2 rings (SSSR count). The molecule has 4 nitrogen and oxygen atoms in total. The Morgan fingerprint density at radius 3 is 2.73 bits per heavy atom. The minimum Gasteiger partial charge on any atom is -0.342 e. The van der Waals surface area contributed by atoms with E-state index in [2.05, 4.69) is 12.0 Å². The summed E-state index contributed by atoms with van der Waals surface area (Å²) in [6.45, 7) is 7.07. The summed E-state index contributed by atoms with van der Waals surface area (Å²) in [5.74, 6) is 0.0909. The second-order valence-corrected chi connectivity index (χ2v) is 6.28. The summed E-state index contributed by atoms with van der Waals surface area (Å²) in [4.78, 5) is 14.2. The van der Waals surface area contributed by atoms with Crippen molar-refractivity contribution in [2.24, 2.45) is 11.8 Å². The molecule has 0 bridgehead atoms. The van der Waals surface area contributed by atoms with Gasteiger partial charge in [-0.3, -0.25) is 9.48 Å². The van der Waals surface area contributed by atoms with Crippen LogP contribution < -0.4 is 0 Å². The summed E-state index contributed by atoms with van der Waals surface area (Å²) in [5.41, 5.74) is -0.491. The second kappa shape index (κ2) is 6.30. The fraction of sp³-hybridized carbons (Fsp3) is 0.733. The number of likely N-dealkylation sites (tertiary alicyclic amines) is 1. The maximum absolute atomic E-state index is 12.7. The molecular formula is C15H22F3N3O. The molecule has 1 aromatic rings. The van der Waals surface area contributed by atoms with Crippen molar-refractivity contribution in [1.29, 1.82) is 0 Å². The predicted molar refractivity (Wildman–Crippen MR) is 76.1 cm³/mol. The molecule has 7 heteroatoms. The fourth-order valence-corrected chi connectivity index (χ4v) is 2.87. The zero-order valence-electron chi connectivity index (χ0n) is 13.2. The summed E-state index contributed by atoms with van der Waals surface area (Å²) in [6.07, 6.45) is -2.35. The van der Waals surface area contributed by atoms with E-state index in [4.69, 9.17) is 0 Å². The average molecular weight is 317 g/mol. The van der Waals surface area contributed by atoms with Crippen molar-refractivity contribution in [3.8, 4) is 0 Å². The van der Waals surface area contributed by atoms with Crippen molar-refractivity contribution in [3.63, 3.8) is 0 Å². The Balaban J connectivity index is 2.04. The van der Waals surface area contributed by atoms with Crippen LogP contribution in [-0.2, 0) is 17.5 Å². The highest BCUT2D eigenvalue weighted by atomic mass is 19.4. The minimum atomic E-state index is -4.45. The van der Waals surface area contributed by atoms with E-state index in [1.54, 1.807) is 13.8 Å². The standard InChI is InChI=1S/C15H22F3N3O/c1-10-5-4-6-20(8-10)14(22)11(2)9-21-12(3)7-13(19-21)15(16,17)18/h7,10-11H,4-6,8-9H2,1-3H3. The number of amides is 1. The Hall–Kier alpha value is -1.53. The Morgan fingerprint density at radius 1 is 1.50 bits per heavy atom.